The van der Waals surface area contributed by atoms with E-state index in [-0.39, 0.29) is 18.8 Å². The number of hydrogen-bond acceptors (Lipinski definition) is 16. The number of nitrogens with zero attached hydrogens (tertiary/aromatic N) is 4. The monoisotopic (exact) mass is 810 g/mol. The summed E-state index contributed by atoms with van der Waals surface area (Å²) in [5, 5.41) is 21.3. The third-order valence-electron chi connectivity index (χ3n) is 9.33. The van der Waals surface area contributed by atoms with Gasteiger partial charge in [-0.2, -0.15) is 0 Å². The standard InChI is InChI=1S/C36H39N6O12PS/c1-20-3-7-22(8-4-20)35(46)51-23-9-5-21(6-10-23)18-56-55(48,54-31-26(16-43)53-34(32(31)49-2)41-14-12-28(45)40-36(41)47)50-17-27-25(44)15-29(52-27)42-19-39-30-24(37)11-13-38-33(30)42/h3-14,19,25-27,29,31-32,34,43-44H,15-18H2,1-2H3,(H2,37,38)(H,40,45,47)/t25-,26-,27-,29-,31+,32?,34-,55?/m1/s1. The fraction of sp³-hybridized carbons (Fsp3) is 0.361. The molecule has 2 aromatic carbocycles. The number of ether oxygens (including phenoxy) is 4. The Morgan fingerprint density at radius 2 is 1.80 bits per heavy atom. The minimum absolute atomic E-state index is 0.0755. The van der Waals surface area contributed by atoms with Crippen LogP contribution in [0.3, 0.4) is 0 Å². The minimum Gasteiger partial charge on any atom is -0.423 e. The molecule has 0 amide bonds. The number of aromatic nitrogens is 5. The molecule has 2 saturated heterocycles. The minimum atomic E-state index is -4.28. The van der Waals surface area contributed by atoms with Crippen molar-refractivity contribution >= 4 is 41.0 Å². The maximum Gasteiger partial charge on any atom is 0.389 e. The number of methoxy groups -OCH3 is 1. The number of carbonyl (C=O) groups is 1. The van der Waals surface area contributed by atoms with E-state index in [0.29, 0.717) is 33.7 Å². The molecule has 5 N–H and O–H groups in total. The van der Waals surface area contributed by atoms with Crippen molar-refractivity contribution in [2.75, 3.05) is 26.1 Å². The van der Waals surface area contributed by atoms with Crippen LogP contribution in [0.5, 0.6) is 5.75 Å². The lowest BCUT2D eigenvalue weighted by atomic mass is 10.1. The number of aryl methyl sites for hydroxylation is 1. The second-order valence-corrected chi connectivity index (χ2v) is 17.1. The third kappa shape index (κ3) is 8.51. The molecule has 0 aliphatic carbocycles. The Morgan fingerprint density at radius 1 is 1.04 bits per heavy atom. The number of H-pyrrole nitrogens is 1. The number of imidazole rings is 1. The van der Waals surface area contributed by atoms with E-state index in [2.05, 4.69) is 15.0 Å². The SMILES string of the molecule is COC1[C@@H](OP(=O)(OC[C@H]2O[C@@H](n3cnc4c(N)ccnc43)C[C@H]2O)SCc2ccc(OC(=O)c3ccc(C)cc3)cc2)[C@@H](CO)O[C@H]1n1ccc(=O)[nH]c1=O. The third-order valence-corrected chi connectivity index (χ3v) is 13.0. The van der Waals surface area contributed by atoms with Crippen molar-refractivity contribution in [1.82, 2.24) is 24.1 Å². The number of carbonyl (C=O) groups excluding carboxylic acids is 1. The molecule has 3 aromatic heterocycles. The van der Waals surface area contributed by atoms with Crippen molar-refractivity contribution in [1.29, 1.82) is 0 Å². The van der Waals surface area contributed by atoms with Gasteiger partial charge >= 0.3 is 18.5 Å². The Kier molecular flexibility index (Phi) is 11.9. The smallest absolute Gasteiger partial charge is 0.389 e. The Labute approximate surface area is 322 Å². The van der Waals surface area contributed by atoms with Gasteiger partial charge in [-0.1, -0.05) is 29.8 Å². The molecule has 8 atom stereocenters. The zero-order valence-corrected chi connectivity index (χ0v) is 31.8. The normalized spacial score (nSPS) is 24.7. The first-order valence-corrected chi connectivity index (χ1v) is 20.5. The number of anilines is 1. The number of aliphatic hydroxyl groups is 2. The van der Waals surface area contributed by atoms with Crippen LogP contribution in [0.25, 0.3) is 11.2 Å². The Morgan fingerprint density at radius 3 is 2.52 bits per heavy atom. The first-order chi connectivity index (χ1) is 26.9. The second-order valence-electron chi connectivity index (χ2n) is 13.1. The van der Waals surface area contributed by atoms with Gasteiger partial charge in [0.25, 0.3) is 5.56 Å². The maximum atomic E-state index is 14.8. The van der Waals surface area contributed by atoms with Crippen molar-refractivity contribution in [3.8, 4) is 5.75 Å². The second kappa shape index (κ2) is 16.8. The first-order valence-electron chi connectivity index (χ1n) is 17.4. The lowest BCUT2D eigenvalue weighted by molar-refractivity contribution is -0.0625. The molecule has 2 fully saturated rings. The highest BCUT2D eigenvalue weighted by molar-refractivity contribution is 8.54. The van der Waals surface area contributed by atoms with Gasteiger partial charge < -0.3 is 34.9 Å². The van der Waals surface area contributed by atoms with Crippen molar-refractivity contribution in [3.05, 3.63) is 117 Å². The lowest BCUT2D eigenvalue weighted by Crippen LogP contribution is -2.39. The van der Waals surface area contributed by atoms with E-state index in [4.69, 9.17) is 33.7 Å². The summed E-state index contributed by atoms with van der Waals surface area (Å²) < 4.78 is 52.9. The number of nitrogens with one attached hydrogen (secondary N) is 1. The summed E-state index contributed by atoms with van der Waals surface area (Å²) in [4.78, 5) is 47.9. The summed E-state index contributed by atoms with van der Waals surface area (Å²) in [6, 6.07) is 16.3. The van der Waals surface area contributed by atoms with Crippen LogP contribution in [0.2, 0.25) is 0 Å². The molecule has 5 heterocycles. The van der Waals surface area contributed by atoms with E-state index < -0.39 is 73.6 Å². The maximum absolute atomic E-state index is 14.8. The summed E-state index contributed by atoms with van der Waals surface area (Å²) in [6.07, 6.45) is -2.98. The van der Waals surface area contributed by atoms with Crippen LogP contribution in [0.1, 0.15) is 40.4 Å². The van der Waals surface area contributed by atoms with Gasteiger partial charge in [-0.05, 0) is 54.2 Å². The Bertz CT molecular complexity index is 2340. The van der Waals surface area contributed by atoms with E-state index in [1.54, 1.807) is 47.0 Å². The number of nitrogens with two attached hydrogens (primary N) is 1. The predicted octanol–water partition coefficient (Wildman–Crippen LogP) is 3.09. The molecular formula is C36H39N6O12PS. The average Bonchev–Trinajstić information content (AvgIpc) is 3.89. The lowest BCUT2D eigenvalue weighted by Gasteiger charge is -2.28. The Hall–Kier alpha value is -4.69. The molecule has 18 nitrogen and oxygen atoms in total. The molecule has 20 heteroatoms. The number of pyridine rings is 1. The van der Waals surface area contributed by atoms with E-state index in [1.807, 2.05) is 19.1 Å². The van der Waals surface area contributed by atoms with Crippen molar-refractivity contribution in [2.45, 2.75) is 62.1 Å². The van der Waals surface area contributed by atoms with Gasteiger partial charge in [-0.25, -0.2) is 24.1 Å². The van der Waals surface area contributed by atoms with Crippen LogP contribution in [-0.2, 0) is 33.6 Å². The summed E-state index contributed by atoms with van der Waals surface area (Å²) in [7, 11) is 1.32. The van der Waals surface area contributed by atoms with Gasteiger partial charge in [0.05, 0.1) is 36.9 Å². The van der Waals surface area contributed by atoms with E-state index in [0.717, 1.165) is 27.6 Å². The molecule has 296 valence electrons. The molecule has 56 heavy (non-hydrogen) atoms. The number of aromatic amines is 1. The van der Waals surface area contributed by atoms with Crippen LogP contribution in [-0.4, -0.2) is 91.1 Å². The van der Waals surface area contributed by atoms with E-state index >= 15 is 0 Å². The summed E-state index contributed by atoms with van der Waals surface area (Å²) in [6.45, 7) is -3.36. The molecule has 5 aromatic rings. The molecule has 2 aliphatic heterocycles. The van der Waals surface area contributed by atoms with Gasteiger partial charge in [0.15, 0.2) is 11.9 Å². The van der Waals surface area contributed by atoms with Crippen LogP contribution < -0.4 is 21.7 Å². The molecule has 2 unspecified atom stereocenters. The average molecular weight is 811 g/mol. The summed E-state index contributed by atoms with van der Waals surface area (Å²) >= 11 is 0.814. The predicted molar refractivity (Wildman–Crippen MR) is 202 cm³/mol. The van der Waals surface area contributed by atoms with Crippen LogP contribution in [0.15, 0.2) is 89.0 Å². The van der Waals surface area contributed by atoms with Gasteiger partial charge in [-0.15, -0.1) is 0 Å². The molecule has 0 saturated carbocycles. The number of aliphatic hydroxyl groups excluding tert-OH is 2. The fourth-order valence-electron chi connectivity index (χ4n) is 6.36. The zero-order valence-electron chi connectivity index (χ0n) is 30.1. The molecule has 0 spiro atoms. The van der Waals surface area contributed by atoms with Gasteiger partial charge in [-0.3, -0.25) is 28.0 Å². The van der Waals surface area contributed by atoms with E-state index in [1.165, 1.54) is 25.8 Å². The van der Waals surface area contributed by atoms with Crippen molar-refractivity contribution < 1.29 is 47.6 Å². The first kappa shape index (κ1) is 39.5. The molecular weight excluding hydrogens is 771 g/mol. The van der Waals surface area contributed by atoms with Crippen molar-refractivity contribution in [2.24, 2.45) is 0 Å². The highest BCUT2D eigenvalue weighted by Crippen LogP contribution is 2.64. The summed E-state index contributed by atoms with van der Waals surface area (Å²) in [5.41, 5.74) is 8.05. The number of hydrogen-bond donors (Lipinski definition) is 4. The van der Waals surface area contributed by atoms with Crippen LogP contribution >= 0.6 is 18.2 Å². The Balaban J connectivity index is 1.09. The quantitative estimate of drug-likeness (QED) is 0.0716. The molecule has 7 rings (SSSR count). The number of nitrogen functional groups attached to an aromatic ring is 1. The number of rotatable bonds is 14. The molecule has 0 radical (unpaired) electrons. The molecule has 0 bridgehead atoms. The van der Waals surface area contributed by atoms with E-state index in [9.17, 15) is 29.2 Å². The number of benzene rings is 2. The summed E-state index contributed by atoms with van der Waals surface area (Å²) in [5.74, 6) is -0.150. The van der Waals surface area contributed by atoms with Gasteiger partial charge in [0.2, 0.25) is 0 Å². The van der Waals surface area contributed by atoms with Gasteiger partial charge in [0.1, 0.15) is 41.9 Å². The number of esters is 1. The zero-order chi connectivity index (χ0) is 39.6. The van der Waals surface area contributed by atoms with Gasteiger partial charge in [0, 0.05) is 37.7 Å². The fourth-order valence-corrected chi connectivity index (χ4v) is 9.75. The molecule has 2 aliphatic rings. The van der Waals surface area contributed by atoms with Crippen LogP contribution in [0.4, 0.5) is 5.69 Å². The highest BCUT2D eigenvalue weighted by atomic mass is 32.7. The largest absolute Gasteiger partial charge is 0.423 e. The topological polar surface area (TPSA) is 242 Å². The van der Waals surface area contributed by atoms with Crippen LogP contribution in [0, 0.1) is 6.92 Å². The van der Waals surface area contributed by atoms with Crippen molar-refractivity contribution in [3.63, 3.8) is 0 Å². The highest BCUT2D eigenvalue weighted by Gasteiger charge is 2.51. The number of fused-ring (bicyclic) bond motifs is 1.